The molecule has 0 radical (unpaired) electrons. The van der Waals surface area contributed by atoms with E-state index in [1.165, 1.54) is 6.33 Å². The fourth-order valence-corrected chi connectivity index (χ4v) is 1.79. The van der Waals surface area contributed by atoms with E-state index >= 15 is 0 Å². The Bertz CT molecular complexity index is 620. The van der Waals surface area contributed by atoms with Crippen LogP contribution in [-0.4, -0.2) is 24.2 Å². The van der Waals surface area contributed by atoms with E-state index in [1.807, 2.05) is 22.6 Å². The van der Waals surface area contributed by atoms with E-state index in [9.17, 15) is 4.79 Å². The van der Waals surface area contributed by atoms with E-state index in [0.717, 1.165) is 0 Å². The second-order valence-corrected chi connectivity index (χ2v) is 4.58. The number of H-pyrrole nitrogens is 1. The summed E-state index contributed by atoms with van der Waals surface area (Å²) in [6.07, 6.45) is 1.29. The summed E-state index contributed by atoms with van der Waals surface area (Å²) < 4.78 is 16.2. The molecule has 1 heterocycles. The van der Waals surface area contributed by atoms with Crippen LogP contribution >= 0.6 is 22.6 Å². The molecule has 0 aliphatic carbocycles. The Morgan fingerprint density at radius 1 is 1.11 bits per heavy atom. The average Bonchev–Trinajstić information content (AvgIpc) is 2.43. The van der Waals surface area contributed by atoms with Gasteiger partial charge in [-0.1, -0.05) is 0 Å². The van der Waals surface area contributed by atoms with Crippen molar-refractivity contribution in [2.24, 2.45) is 0 Å². The predicted molar refractivity (Wildman–Crippen MR) is 77.2 cm³/mol. The van der Waals surface area contributed by atoms with Crippen molar-refractivity contribution in [3.63, 3.8) is 0 Å². The molecule has 2 rings (SSSR count). The Balaban J connectivity index is 2.37. The predicted octanol–water partition coefficient (Wildman–Crippen LogP) is 2.18. The maximum atomic E-state index is 11.4. The highest BCUT2D eigenvalue weighted by molar-refractivity contribution is 14.1. The number of halogens is 1. The first-order valence-electron chi connectivity index (χ1n) is 5.28. The smallest absolute Gasteiger partial charge is 0.268 e. The van der Waals surface area contributed by atoms with Crippen molar-refractivity contribution in [1.82, 2.24) is 9.97 Å². The minimum Gasteiger partial charge on any atom is -0.496 e. The van der Waals surface area contributed by atoms with Gasteiger partial charge in [0.1, 0.15) is 20.8 Å². The Morgan fingerprint density at radius 2 is 1.68 bits per heavy atom. The van der Waals surface area contributed by atoms with Crippen molar-refractivity contribution in [3.8, 4) is 23.1 Å². The lowest BCUT2D eigenvalue weighted by Gasteiger charge is -2.09. The van der Waals surface area contributed by atoms with Gasteiger partial charge in [-0.15, -0.1) is 0 Å². The van der Waals surface area contributed by atoms with E-state index in [-0.39, 0.29) is 11.4 Å². The Labute approximate surface area is 122 Å². The molecule has 0 fully saturated rings. The zero-order valence-corrected chi connectivity index (χ0v) is 12.4. The lowest BCUT2D eigenvalue weighted by Crippen LogP contribution is -2.11. The quantitative estimate of drug-likeness (QED) is 0.831. The molecule has 7 heteroatoms. The number of aromatic amines is 1. The minimum atomic E-state index is -0.250. The van der Waals surface area contributed by atoms with Crippen LogP contribution in [0.15, 0.2) is 29.3 Å². The lowest BCUT2D eigenvalue weighted by atomic mass is 10.3. The van der Waals surface area contributed by atoms with Gasteiger partial charge in [0, 0.05) is 18.2 Å². The molecule has 1 aromatic heterocycles. The van der Waals surface area contributed by atoms with E-state index < -0.39 is 0 Å². The lowest BCUT2D eigenvalue weighted by molar-refractivity contribution is 0.384. The number of nitrogens with zero attached hydrogens (tertiary/aromatic N) is 1. The molecule has 0 saturated carbocycles. The van der Waals surface area contributed by atoms with Crippen LogP contribution < -0.4 is 19.8 Å². The molecular weight excluding hydrogens is 363 g/mol. The molecule has 0 unspecified atom stereocenters. The van der Waals surface area contributed by atoms with Crippen LogP contribution in [0.25, 0.3) is 0 Å². The van der Waals surface area contributed by atoms with E-state index in [0.29, 0.717) is 20.8 Å². The van der Waals surface area contributed by atoms with Crippen molar-refractivity contribution in [2.45, 2.75) is 0 Å². The molecule has 19 heavy (non-hydrogen) atoms. The van der Waals surface area contributed by atoms with Gasteiger partial charge in [0.15, 0.2) is 0 Å². The third kappa shape index (κ3) is 3.16. The Hall–Kier alpha value is -1.77. The number of aromatic nitrogens is 2. The zero-order valence-electron chi connectivity index (χ0n) is 10.3. The molecule has 0 saturated heterocycles. The zero-order chi connectivity index (χ0) is 13.8. The topological polar surface area (TPSA) is 73.4 Å². The molecule has 1 N–H and O–H groups in total. The van der Waals surface area contributed by atoms with Gasteiger partial charge in [-0.3, -0.25) is 4.79 Å². The number of hydrogen-bond donors (Lipinski definition) is 1. The summed E-state index contributed by atoms with van der Waals surface area (Å²) in [6.45, 7) is 0. The van der Waals surface area contributed by atoms with Crippen molar-refractivity contribution >= 4 is 22.6 Å². The molecule has 100 valence electrons. The maximum Gasteiger partial charge on any atom is 0.268 e. The summed E-state index contributed by atoms with van der Waals surface area (Å²) in [5, 5.41) is 0. The largest absolute Gasteiger partial charge is 0.496 e. The molecule has 6 nitrogen and oxygen atoms in total. The van der Waals surface area contributed by atoms with E-state index in [2.05, 4.69) is 9.97 Å². The number of hydrogen-bond acceptors (Lipinski definition) is 5. The molecule has 0 amide bonds. The third-order valence-electron chi connectivity index (χ3n) is 2.30. The van der Waals surface area contributed by atoms with Crippen LogP contribution in [0.4, 0.5) is 0 Å². The van der Waals surface area contributed by atoms with Crippen LogP contribution in [0.3, 0.4) is 0 Å². The SMILES string of the molecule is COc1cc(OC)cc(Oc2nc[nH]c(=O)c2I)c1. The standard InChI is InChI=1S/C12H11IN2O4/c1-17-7-3-8(18-2)5-9(4-7)19-12-10(13)11(16)14-6-15-12/h3-6H,1-2H3,(H,14,15,16). The van der Waals surface area contributed by atoms with Gasteiger partial charge < -0.3 is 19.2 Å². The molecule has 0 bridgehead atoms. The first-order chi connectivity index (χ1) is 9.13. The molecule has 0 aliphatic rings. The van der Waals surface area contributed by atoms with E-state index in [4.69, 9.17) is 14.2 Å². The summed E-state index contributed by atoms with van der Waals surface area (Å²) in [6, 6.07) is 5.09. The van der Waals surface area contributed by atoms with Crippen molar-refractivity contribution in [1.29, 1.82) is 0 Å². The molecule has 2 aromatic rings. The highest BCUT2D eigenvalue weighted by Gasteiger charge is 2.09. The summed E-state index contributed by atoms with van der Waals surface area (Å²) in [5.41, 5.74) is -0.250. The number of methoxy groups -OCH3 is 2. The monoisotopic (exact) mass is 374 g/mol. The maximum absolute atomic E-state index is 11.4. The van der Waals surface area contributed by atoms with Gasteiger partial charge in [-0.05, 0) is 22.6 Å². The van der Waals surface area contributed by atoms with Crippen molar-refractivity contribution in [3.05, 3.63) is 38.5 Å². The van der Waals surface area contributed by atoms with Crippen LogP contribution in [0.5, 0.6) is 23.1 Å². The van der Waals surface area contributed by atoms with Crippen LogP contribution in [0.2, 0.25) is 0 Å². The fraction of sp³-hybridized carbons (Fsp3) is 0.167. The number of ether oxygens (including phenoxy) is 3. The van der Waals surface area contributed by atoms with Crippen LogP contribution in [0.1, 0.15) is 0 Å². The Kier molecular flexibility index (Phi) is 4.25. The third-order valence-corrected chi connectivity index (χ3v) is 3.26. The number of benzene rings is 1. The number of rotatable bonds is 4. The minimum absolute atomic E-state index is 0.236. The first kappa shape index (κ1) is 13.7. The summed E-state index contributed by atoms with van der Waals surface area (Å²) in [4.78, 5) is 17.9. The second kappa shape index (κ2) is 5.91. The number of nitrogens with one attached hydrogen (secondary N) is 1. The van der Waals surface area contributed by atoms with Crippen LogP contribution in [0, 0.1) is 3.57 Å². The van der Waals surface area contributed by atoms with Gasteiger partial charge in [0.25, 0.3) is 5.56 Å². The summed E-state index contributed by atoms with van der Waals surface area (Å²) >= 11 is 1.87. The molecule has 0 atom stereocenters. The molecule has 1 aromatic carbocycles. The van der Waals surface area contributed by atoms with E-state index in [1.54, 1.807) is 32.4 Å². The summed E-state index contributed by atoms with van der Waals surface area (Å²) in [5.74, 6) is 1.90. The van der Waals surface area contributed by atoms with Gasteiger partial charge in [0.05, 0.1) is 20.5 Å². The molecular formula is C12H11IN2O4. The van der Waals surface area contributed by atoms with Gasteiger partial charge in [-0.2, -0.15) is 0 Å². The normalized spacial score (nSPS) is 10.1. The molecule has 0 aliphatic heterocycles. The van der Waals surface area contributed by atoms with Crippen LogP contribution in [-0.2, 0) is 0 Å². The average molecular weight is 374 g/mol. The summed E-state index contributed by atoms with van der Waals surface area (Å²) in [7, 11) is 3.10. The second-order valence-electron chi connectivity index (χ2n) is 3.50. The van der Waals surface area contributed by atoms with Crippen molar-refractivity contribution in [2.75, 3.05) is 14.2 Å². The molecule has 0 spiro atoms. The van der Waals surface area contributed by atoms with Crippen molar-refractivity contribution < 1.29 is 14.2 Å². The first-order valence-corrected chi connectivity index (χ1v) is 6.36. The highest BCUT2D eigenvalue weighted by atomic mass is 127. The highest BCUT2D eigenvalue weighted by Crippen LogP contribution is 2.30. The fourth-order valence-electron chi connectivity index (χ4n) is 1.39. The van der Waals surface area contributed by atoms with Gasteiger partial charge in [0.2, 0.25) is 5.88 Å². The van der Waals surface area contributed by atoms with Gasteiger partial charge in [-0.25, -0.2) is 4.98 Å². The van der Waals surface area contributed by atoms with Gasteiger partial charge >= 0.3 is 0 Å². The Morgan fingerprint density at radius 3 is 2.26 bits per heavy atom.